The maximum atomic E-state index is 11.2. The highest BCUT2D eigenvalue weighted by Gasteiger charge is 2.37. The van der Waals surface area contributed by atoms with E-state index in [0.29, 0.717) is 0 Å². The van der Waals surface area contributed by atoms with E-state index in [1.165, 1.54) is 14.2 Å². The fourth-order valence-corrected chi connectivity index (χ4v) is 1.47. The topological polar surface area (TPSA) is 82.1 Å². The maximum absolute atomic E-state index is 11.2. The number of carbonyl (C=O) groups is 2. The second kappa shape index (κ2) is 5.09. The Morgan fingerprint density at radius 2 is 1.53 bits per heavy atom. The third-order valence-electron chi connectivity index (χ3n) is 2.23. The van der Waals surface area contributed by atoms with Crippen LogP contribution in [0.25, 0.3) is 0 Å². The smallest absolute Gasteiger partial charge is 0.335 e. The molecule has 1 fully saturated rings. The Bertz CT molecular complexity index is 227. The zero-order chi connectivity index (χ0) is 11.4. The molecule has 6 nitrogen and oxygen atoms in total. The van der Waals surface area contributed by atoms with Gasteiger partial charge < -0.3 is 19.3 Å². The molecule has 1 aliphatic rings. The van der Waals surface area contributed by atoms with E-state index in [-0.39, 0.29) is 12.8 Å². The van der Waals surface area contributed by atoms with Crippen molar-refractivity contribution in [3.8, 4) is 0 Å². The lowest BCUT2D eigenvalue weighted by Gasteiger charge is -2.29. The summed E-state index contributed by atoms with van der Waals surface area (Å²) in [6, 6.07) is 0. The van der Waals surface area contributed by atoms with Gasteiger partial charge in [-0.1, -0.05) is 0 Å². The minimum atomic E-state index is -0.900. The fourth-order valence-electron chi connectivity index (χ4n) is 1.47. The molecule has 0 aromatic rings. The van der Waals surface area contributed by atoms with E-state index in [4.69, 9.17) is 4.74 Å². The lowest BCUT2D eigenvalue weighted by Crippen LogP contribution is -2.44. The van der Waals surface area contributed by atoms with Gasteiger partial charge in [-0.3, -0.25) is 0 Å². The van der Waals surface area contributed by atoms with E-state index in [0.717, 1.165) is 0 Å². The van der Waals surface area contributed by atoms with Gasteiger partial charge in [-0.25, -0.2) is 9.59 Å². The Hall–Kier alpha value is -1.14. The van der Waals surface area contributed by atoms with Crippen LogP contribution < -0.4 is 0 Å². The van der Waals surface area contributed by atoms with Gasteiger partial charge in [-0.15, -0.1) is 0 Å². The van der Waals surface area contributed by atoms with Crippen molar-refractivity contribution >= 4 is 11.9 Å². The summed E-state index contributed by atoms with van der Waals surface area (Å²) in [5.41, 5.74) is 0. The number of aliphatic hydroxyl groups excluding tert-OH is 1. The number of hydrogen-bond donors (Lipinski definition) is 1. The summed E-state index contributed by atoms with van der Waals surface area (Å²) in [6.07, 6.45) is -2.28. The second-order valence-corrected chi connectivity index (χ2v) is 3.28. The van der Waals surface area contributed by atoms with Crippen LogP contribution in [-0.4, -0.2) is 49.6 Å². The minimum Gasteiger partial charge on any atom is -0.467 e. The van der Waals surface area contributed by atoms with Crippen molar-refractivity contribution in [1.82, 2.24) is 0 Å². The van der Waals surface area contributed by atoms with Crippen LogP contribution in [0.5, 0.6) is 0 Å². The zero-order valence-electron chi connectivity index (χ0n) is 8.63. The largest absolute Gasteiger partial charge is 0.467 e. The number of methoxy groups -OCH3 is 2. The lowest BCUT2D eigenvalue weighted by molar-refractivity contribution is -0.182. The average molecular weight is 218 g/mol. The molecule has 0 radical (unpaired) electrons. The first kappa shape index (κ1) is 11.9. The van der Waals surface area contributed by atoms with Gasteiger partial charge in [0.2, 0.25) is 0 Å². The van der Waals surface area contributed by atoms with Gasteiger partial charge in [0.15, 0.2) is 12.2 Å². The SMILES string of the molecule is COC(=O)[C@@H]1CC(O)C[C@H](C(=O)OC)O1. The minimum absolute atomic E-state index is 0.139. The number of hydrogen-bond acceptors (Lipinski definition) is 6. The third-order valence-corrected chi connectivity index (χ3v) is 2.23. The van der Waals surface area contributed by atoms with Crippen LogP contribution in [0, 0.1) is 0 Å². The molecule has 1 rings (SSSR count). The van der Waals surface area contributed by atoms with E-state index in [1.54, 1.807) is 0 Å². The highest BCUT2D eigenvalue weighted by atomic mass is 16.6. The Balaban J connectivity index is 2.63. The fraction of sp³-hybridized carbons (Fsp3) is 0.778. The molecule has 1 N–H and O–H groups in total. The summed E-state index contributed by atoms with van der Waals surface area (Å²) in [7, 11) is 2.44. The first-order valence-corrected chi connectivity index (χ1v) is 4.57. The van der Waals surface area contributed by atoms with Crippen LogP contribution in [0.1, 0.15) is 12.8 Å². The van der Waals surface area contributed by atoms with Gasteiger partial charge in [-0.2, -0.15) is 0 Å². The van der Waals surface area contributed by atoms with Gasteiger partial charge in [0.05, 0.1) is 20.3 Å². The molecule has 15 heavy (non-hydrogen) atoms. The molecule has 0 aromatic heterocycles. The first-order chi connectivity index (χ1) is 7.08. The number of esters is 2. The van der Waals surface area contributed by atoms with Crippen molar-refractivity contribution in [2.45, 2.75) is 31.2 Å². The van der Waals surface area contributed by atoms with Gasteiger partial charge in [0.25, 0.3) is 0 Å². The number of rotatable bonds is 2. The molecule has 1 aliphatic heterocycles. The molecular formula is C9H14O6. The molecule has 3 atom stereocenters. The molecule has 1 saturated heterocycles. The first-order valence-electron chi connectivity index (χ1n) is 4.57. The molecule has 86 valence electrons. The lowest BCUT2D eigenvalue weighted by atomic mass is 10.0. The Morgan fingerprint density at radius 1 is 1.13 bits per heavy atom. The van der Waals surface area contributed by atoms with Crippen molar-refractivity contribution in [3.05, 3.63) is 0 Å². The molecule has 0 amide bonds. The summed E-state index contributed by atoms with van der Waals surface area (Å²) in [4.78, 5) is 22.3. The van der Waals surface area contributed by atoms with Crippen molar-refractivity contribution in [2.24, 2.45) is 0 Å². The Kier molecular flexibility index (Phi) is 4.05. The van der Waals surface area contributed by atoms with Crippen LogP contribution in [0.15, 0.2) is 0 Å². The summed E-state index contributed by atoms with van der Waals surface area (Å²) in [5.74, 6) is -1.19. The quantitative estimate of drug-likeness (QED) is 0.613. The standard InChI is InChI=1S/C9H14O6/c1-13-8(11)6-3-5(10)4-7(15-6)9(12)14-2/h5-7,10H,3-4H2,1-2H3/t5?,6-,7+. The maximum Gasteiger partial charge on any atom is 0.335 e. The molecular weight excluding hydrogens is 204 g/mol. The average Bonchev–Trinajstić information content (AvgIpc) is 2.26. The number of aliphatic hydroxyl groups is 1. The predicted molar refractivity (Wildman–Crippen MR) is 47.9 cm³/mol. The molecule has 6 heteroatoms. The molecule has 0 aliphatic carbocycles. The highest BCUT2D eigenvalue weighted by molar-refractivity contribution is 5.78. The molecule has 0 aromatic carbocycles. The summed E-state index contributed by atoms with van der Waals surface area (Å²) < 4.78 is 14.1. The van der Waals surface area contributed by atoms with Gasteiger partial charge >= 0.3 is 11.9 Å². The Labute approximate surface area is 87.1 Å². The Morgan fingerprint density at radius 3 is 1.87 bits per heavy atom. The summed E-state index contributed by atoms with van der Waals surface area (Å²) >= 11 is 0. The van der Waals surface area contributed by atoms with E-state index < -0.39 is 30.3 Å². The van der Waals surface area contributed by atoms with Gasteiger partial charge in [0, 0.05) is 12.8 Å². The van der Waals surface area contributed by atoms with E-state index in [1.807, 2.05) is 0 Å². The van der Waals surface area contributed by atoms with Gasteiger partial charge in [-0.05, 0) is 0 Å². The van der Waals surface area contributed by atoms with Crippen molar-refractivity contribution in [3.63, 3.8) is 0 Å². The molecule has 0 bridgehead atoms. The van der Waals surface area contributed by atoms with Crippen LogP contribution in [0.3, 0.4) is 0 Å². The van der Waals surface area contributed by atoms with Crippen LogP contribution in [-0.2, 0) is 23.8 Å². The summed E-state index contributed by atoms with van der Waals surface area (Å²) in [5, 5.41) is 9.44. The van der Waals surface area contributed by atoms with Crippen molar-refractivity contribution in [2.75, 3.05) is 14.2 Å². The van der Waals surface area contributed by atoms with Crippen molar-refractivity contribution < 1.29 is 28.9 Å². The van der Waals surface area contributed by atoms with E-state index in [2.05, 4.69) is 9.47 Å². The number of carbonyl (C=O) groups excluding carboxylic acids is 2. The number of ether oxygens (including phenoxy) is 3. The third kappa shape index (κ3) is 2.90. The summed E-state index contributed by atoms with van der Waals surface area (Å²) in [6.45, 7) is 0. The molecule has 0 saturated carbocycles. The van der Waals surface area contributed by atoms with Gasteiger partial charge in [0.1, 0.15) is 0 Å². The zero-order valence-corrected chi connectivity index (χ0v) is 8.63. The van der Waals surface area contributed by atoms with Crippen LogP contribution in [0.2, 0.25) is 0 Å². The highest BCUT2D eigenvalue weighted by Crippen LogP contribution is 2.21. The monoisotopic (exact) mass is 218 g/mol. The van der Waals surface area contributed by atoms with E-state index in [9.17, 15) is 14.7 Å². The van der Waals surface area contributed by atoms with Crippen LogP contribution >= 0.6 is 0 Å². The van der Waals surface area contributed by atoms with Crippen LogP contribution in [0.4, 0.5) is 0 Å². The van der Waals surface area contributed by atoms with E-state index >= 15 is 0 Å². The normalized spacial score (nSPS) is 30.7. The predicted octanol–water partition coefficient (Wildman–Crippen LogP) is -0.759. The molecule has 1 heterocycles. The van der Waals surface area contributed by atoms with Crippen molar-refractivity contribution in [1.29, 1.82) is 0 Å². The second-order valence-electron chi connectivity index (χ2n) is 3.28. The molecule has 1 unspecified atom stereocenters. The molecule has 0 spiro atoms.